The van der Waals surface area contributed by atoms with E-state index in [2.05, 4.69) is 10.3 Å². The molecule has 1 aromatic heterocycles. The van der Waals surface area contributed by atoms with Crippen molar-refractivity contribution in [1.82, 2.24) is 15.8 Å². The zero-order chi connectivity index (χ0) is 23.2. The van der Waals surface area contributed by atoms with E-state index < -0.39 is 12.0 Å². The van der Waals surface area contributed by atoms with Gasteiger partial charge in [-0.25, -0.2) is 5.48 Å². The van der Waals surface area contributed by atoms with Crippen LogP contribution >= 0.6 is 0 Å². The Balaban J connectivity index is 1.38. The minimum absolute atomic E-state index is 0.0165. The number of aryl methyl sites for hydroxylation is 1. The Morgan fingerprint density at radius 2 is 1.97 bits per heavy atom. The van der Waals surface area contributed by atoms with Crippen molar-refractivity contribution in [2.75, 3.05) is 6.61 Å². The van der Waals surface area contributed by atoms with Gasteiger partial charge in [-0.05, 0) is 56.2 Å². The minimum atomic E-state index is -0.542. The van der Waals surface area contributed by atoms with Gasteiger partial charge in [-0.3, -0.25) is 19.8 Å². The molecule has 1 aliphatic rings. The highest BCUT2D eigenvalue weighted by molar-refractivity contribution is 5.94. The van der Waals surface area contributed by atoms with E-state index in [1.807, 2.05) is 37.3 Å². The van der Waals surface area contributed by atoms with Crippen LogP contribution in [0.1, 0.15) is 40.9 Å². The third-order valence-electron chi connectivity index (χ3n) is 5.71. The van der Waals surface area contributed by atoms with Gasteiger partial charge in [0.05, 0.1) is 24.1 Å². The van der Waals surface area contributed by atoms with Crippen molar-refractivity contribution < 1.29 is 24.3 Å². The molecule has 1 fully saturated rings. The Labute approximate surface area is 191 Å². The number of aromatic nitrogens is 1. The molecular weight excluding hydrogens is 422 g/mol. The number of hydrogen-bond acceptors (Lipinski definition) is 6. The van der Waals surface area contributed by atoms with Crippen LogP contribution in [0, 0.1) is 6.92 Å². The molecule has 4 rings (SSSR count). The van der Waals surface area contributed by atoms with Crippen LogP contribution in [0.15, 0.2) is 54.6 Å². The first-order valence-corrected chi connectivity index (χ1v) is 11.0. The second-order valence-corrected chi connectivity index (χ2v) is 8.12. The Morgan fingerprint density at radius 1 is 1.18 bits per heavy atom. The highest BCUT2D eigenvalue weighted by Gasteiger charge is 2.29. The van der Waals surface area contributed by atoms with Crippen LogP contribution in [-0.2, 0) is 16.1 Å². The number of hydrogen-bond donors (Lipinski definition) is 3. The number of amides is 2. The second-order valence-electron chi connectivity index (χ2n) is 8.12. The van der Waals surface area contributed by atoms with Gasteiger partial charge in [0, 0.05) is 28.8 Å². The molecule has 2 amide bonds. The summed E-state index contributed by atoms with van der Waals surface area (Å²) in [5.74, 6) is -0.134. The summed E-state index contributed by atoms with van der Waals surface area (Å²) in [6, 6.07) is 16.6. The van der Waals surface area contributed by atoms with E-state index in [0.29, 0.717) is 30.9 Å². The lowest BCUT2D eigenvalue weighted by atomic mass is 9.99. The number of carbonyl (C=O) groups is 2. The van der Waals surface area contributed by atoms with Gasteiger partial charge in [-0.1, -0.05) is 18.2 Å². The molecule has 2 heterocycles. The maximum atomic E-state index is 12.7. The predicted octanol–water partition coefficient (Wildman–Crippen LogP) is 3.30. The van der Waals surface area contributed by atoms with Crippen LogP contribution in [-0.4, -0.2) is 40.8 Å². The predicted molar refractivity (Wildman–Crippen MR) is 122 cm³/mol. The monoisotopic (exact) mass is 449 g/mol. The van der Waals surface area contributed by atoms with Crippen molar-refractivity contribution >= 4 is 22.7 Å². The van der Waals surface area contributed by atoms with Gasteiger partial charge in [0.2, 0.25) is 5.91 Å². The van der Waals surface area contributed by atoms with Crippen LogP contribution in [0.3, 0.4) is 0 Å². The fraction of sp³-hybridized carbons (Fsp3) is 0.320. The minimum Gasteiger partial charge on any atom is -0.489 e. The standard InChI is InChI=1S/C25H27N3O5/c1-16-13-18(20-5-2-3-6-21(20)26-16)15-33-19-10-8-17(9-11-19)25(30)27-22-7-4-12-32-23(22)14-24(29)28-31/h2-3,5-6,8-11,13,22-23,31H,4,7,12,14-15H2,1H3,(H,27,30)(H,28,29)/t22-,23-/m1/s1. The third kappa shape index (κ3) is 5.66. The molecule has 0 bridgehead atoms. The fourth-order valence-corrected chi connectivity index (χ4v) is 4.06. The number of hydroxylamine groups is 1. The first kappa shape index (κ1) is 22.7. The fourth-order valence-electron chi connectivity index (χ4n) is 4.06. The maximum Gasteiger partial charge on any atom is 0.251 e. The smallest absolute Gasteiger partial charge is 0.251 e. The Bertz CT molecular complexity index is 1130. The van der Waals surface area contributed by atoms with Crippen molar-refractivity contribution in [3.63, 3.8) is 0 Å². The van der Waals surface area contributed by atoms with E-state index in [1.165, 1.54) is 0 Å². The summed E-state index contributed by atoms with van der Waals surface area (Å²) in [4.78, 5) is 28.8. The molecule has 0 spiro atoms. The molecule has 1 saturated heterocycles. The molecule has 3 N–H and O–H groups in total. The van der Waals surface area contributed by atoms with Gasteiger partial charge in [0.25, 0.3) is 5.91 Å². The summed E-state index contributed by atoms with van der Waals surface area (Å²) < 4.78 is 11.6. The number of carbonyl (C=O) groups excluding carboxylic acids is 2. The number of nitrogens with one attached hydrogen (secondary N) is 2. The van der Waals surface area contributed by atoms with Crippen LogP contribution in [0.25, 0.3) is 10.9 Å². The van der Waals surface area contributed by atoms with Crippen LogP contribution < -0.4 is 15.5 Å². The quantitative estimate of drug-likeness (QED) is 0.377. The topological polar surface area (TPSA) is 110 Å². The number of fused-ring (bicyclic) bond motifs is 1. The van der Waals surface area contributed by atoms with Gasteiger partial charge < -0.3 is 14.8 Å². The number of ether oxygens (including phenoxy) is 2. The lowest BCUT2D eigenvalue weighted by Gasteiger charge is -2.31. The highest BCUT2D eigenvalue weighted by atomic mass is 16.5. The molecule has 1 aliphatic heterocycles. The molecule has 3 aromatic rings. The average Bonchev–Trinajstić information content (AvgIpc) is 2.83. The summed E-state index contributed by atoms with van der Waals surface area (Å²) in [6.45, 7) is 2.87. The summed E-state index contributed by atoms with van der Waals surface area (Å²) in [5, 5.41) is 12.8. The van der Waals surface area contributed by atoms with Gasteiger partial charge in [0.15, 0.2) is 0 Å². The maximum absolute atomic E-state index is 12.7. The number of para-hydroxylation sites is 1. The Morgan fingerprint density at radius 3 is 2.76 bits per heavy atom. The van der Waals surface area contributed by atoms with E-state index >= 15 is 0 Å². The average molecular weight is 450 g/mol. The van der Waals surface area contributed by atoms with Gasteiger partial charge in [0.1, 0.15) is 12.4 Å². The summed E-state index contributed by atoms with van der Waals surface area (Å²) >= 11 is 0. The molecule has 8 nitrogen and oxygen atoms in total. The van der Waals surface area contributed by atoms with Crippen molar-refractivity contribution in [2.45, 2.75) is 44.9 Å². The molecule has 0 unspecified atom stereocenters. The molecule has 2 aromatic carbocycles. The first-order chi connectivity index (χ1) is 16.0. The van der Waals surface area contributed by atoms with E-state index in [-0.39, 0.29) is 18.4 Å². The molecule has 8 heteroatoms. The number of nitrogens with zero attached hydrogens (tertiary/aromatic N) is 1. The van der Waals surface area contributed by atoms with Gasteiger partial charge in [-0.2, -0.15) is 0 Å². The normalized spacial score (nSPS) is 18.0. The second kappa shape index (κ2) is 10.4. The van der Waals surface area contributed by atoms with Crippen LogP contribution in [0.4, 0.5) is 0 Å². The SMILES string of the molecule is Cc1cc(COc2ccc(C(=O)N[C@@H]3CCCO[C@@H]3CC(=O)NO)cc2)c2ccccc2n1. The first-order valence-electron chi connectivity index (χ1n) is 11.0. The Kier molecular flexibility index (Phi) is 7.16. The third-order valence-corrected chi connectivity index (χ3v) is 5.71. The van der Waals surface area contributed by atoms with E-state index in [0.717, 1.165) is 28.6 Å². The van der Waals surface area contributed by atoms with Crippen molar-refractivity contribution in [3.8, 4) is 5.75 Å². The summed E-state index contributed by atoms with van der Waals surface area (Å²) in [6.07, 6.45) is 1.00. The molecule has 172 valence electrons. The molecule has 0 radical (unpaired) electrons. The van der Waals surface area contributed by atoms with E-state index in [1.54, 1.807) is 29.7 Å². The van der Waals surface area contributed by atoms with Crippen molar-refractivity contribution in [3.05, 3.63) is 71.4 Å². The lowest BCUT2D eigenvalue weighted by Crippen LogP contribution is -2.48. The lowest BCUT2D eigenvalue weighted by molar-refractivity contribution is -0.133. The zero-order valence-corrected chi connectivity index (χ0v) is 18.4. The molecule has 0 aliphatic carbocycles. The van der Waals surface area contributed by atoms with Gasteiger partial charge in [-0.15, -0.1) is 0 Å². The van der Waals surface area contributed by atoms with Crippen molar-refractivity contribution in [1.29, 1.82) is 0 Å². The van der Waals surface area contributed by atoms with E-state index in [9.17, 15) is 9.59 Å². The highest BCUT2D eigenvalue weighted by Crippen LogP contribution is 2.22. The number of benzene rings is 2. The Hall–Kier alpha value is -3.49. The van der Waals surface area contributed by atoms with E-state index in [4.69, 9.17) is 14.7 Å². The summed E-state index contributed by atoms with van der Waals surface area (Å²) in [7, 11) is 0. The molecule has 0 saturated carbocycles. The number of pyridine rings is 1. The van der Waals surface area contributed by atoms with Crippen LogP contribution in [0.2, 0.25) is 0 Å². The van der Waals surface area contributed by atoms with Crippen LogP contribution in [0.5, 0.6) is 5.75 Å². The zero-order valence-electron chi connectivity index (χ0n) is 18.4. The number of rotatable bonds is 7. The van der Waals surface area contributed by atoms with Crippen molar-refractivity contribution in [2.24, 2.45) is 0 Å². The molecular formula is C25H27N3O5. The molecule has 2 atom stereocenters. The molecule has 33 heavy (non-hydrogen) atoms. The van der Waals surface area contributed by atoms with Gasteiger partial charge >= 0.3 is 0 Å². The largest absolute Gasteiger partial charge is 0.489 e. The summed E-state index contributed by atoms with van der Waals surface area (Å²) in [5.41, 5.74) is 5.02.